The first-order valence-corrected chi connectivity index (χ1v) is 8.96. The predicted molar refractivity (Wildman–Crippen MR) is 97.4 cm³/mol. The first kappa shape index (κ1) is 15.8. The van der Waals surface area contributed by atoms with Crippen molar-refractivity contribution in [3.05, 3.63) is 59.9 Å². The number of nitrogens with zero attached hydrogens (tertiary/aromatic N) is 3. The Hall–Kier alpha value is -2.69. The molecule has 5 nitrogen and oxygen atoms in total. The summed E-state index contributed by atoms with van der Waals surface area (Å²) in [5.41, 5.74) is 2.59. The number of rotatable bonds is 4. The molecular formula is C20H22N4O. The SMILES string of the molecule is O=C(NC1CCCCC1)c1cnc2c(cnn2Cc2ccccc2)c1. The highest BCUT2D eigenvalue weighted by molar-refractivity contribution is 5.96. The molecule has 1 amide bonds. The number of amides is 1. The molecule has 0 aliphatic heterocycles. The summed E-state index contributed by atoms with van der Waals surface area (Å²) in [5, 5.41) is 8.47. The largest absolute Gasteiger partial charge is 0.349 e. The van der Waals surface area contributed by atoms with Crippen LogP contribution in [0.1, 0.15) is 48.0 Å². The van der Waals surface area contributed by atoms with Crippen LogP contribution in [0.3, 0.4) is 0 Å². The first-order chi connectivity index (χ1) is 12.3. The second-order valence-corrected chi connectivity index (χ2v) is 6.73. The average molecular weight is 334 g/mol. The predicted octanol–water partition coefficient (Wildman–Crippen LogP) is 3.54. The van der Waals surface area contributed by atoms with Crippen molar-refractivity contribution in [2.75, 3.05) is 0 Å². The van der Waals surface area contributed by atoms with Crippen LogP contribution >= 0.6 is 0 Å². The second-order valence-electron chi connectivity index (χ2n) is 6.73. The van der Waals surface area contributed by atoms with E-state index in [1.54, 1.807) is 12.4 Å². The number of carbonyl (C=O) groups excluding carboxylic acids is 1. The summed E-state index contributed by atoms with van der Waals surface area (Å²) in [6.45, 7) is 0.672. The molecule has 1 N–H and O–H groups in total. The van der Waals surface area contributed by atoms with E-state index in [1.165, 1.54) is 24.8 Å². The van der Waals surface area contributed by atoms with E-state index in [1.807, 2.05) is 28.9 Å². The third-order valence-corrected chi connectivity index (χ3v) is 4.85. The third kappa shape index (κ3) is 3.55. The quantitative estimate of drug-likeness (QED) is 0.794. The minimum absolute atomic E-state index is 0.0305. The minimum Gasteiger partial charge on any atom is -0.349 e. The molecule has 2 heterocycles. The Morgan fingerprint density at radius 2 is 1.92 bits per heavy atom. The molecule has 0 unspecified atom stereocenters. The maximum absolute atomic E-state index is 12.5. The van der Waals surface area contributed by atoms with E-state index in [-0.39, 0.29) is 5.91 Å². The van der Waals surface area contributed by atoms with Gasteiger partial charge in [-0.1, -0.05) is 49.6 Å². The highest BCUT2D eigenvalue weighted by Gasteiger charge is 2.17. The van der Waals surface area contributed by atoms with Crippen molar-refractivity contribution in [1.29, 1.82) is 0 Å². The molecule has 128 valence electrons. The molecule has 5 heteroatoms. The number of pyridine rings is 1. The van der Waals surface area contributed by atoms with E-state index < -0.39 is 0 Å². The van der Waals surface area contributed by atoms with Crippen LogP contribution in [0.5, 0.6) is 0 Å². The maximum Gasteiger partial charge on any atom is 0.253 e. The molecule has 0 bridgehead atoms. The molecule has 4 rings (SSSR count). The van der Waals surface area contributed by atoms with Gasteiger partial charge in [0.15, 0.2) is 5.65 Å². The summed E-state index contributed by atoms with van der Waals surface area (Å²) in [6, 6.07) is 12.4. The lowest BCUT2D eigenvalue weighted by atomic mass is 9.95. The van der Waals surface area contributed by atoms with Crippen LogP contribution in [0, 0.1) is 0 Å². The first-order valence-electron chi connectivity index (χ1n) is 8.96. The number of fused-ring (bicyclic) bond motifs is 1. The number of carbonyl (C=O) groups is 1. The molecule has 0 atom stereocenters. The highest BCUT2D eigenvalue weighted by Crippen LogP contribution is 2.19. The van der Waals surface area contributed by atoms with Gasteiger partial charge in [-0.15, -0.1) is 0 Å². The zero-order valence-electron chi connectivity index (χ0n) is 14.2. The van der Waals surface area contributed by atoms with E-state index >= 15 is 0 Å². The lowest BCUT2D eigenvalue weighted by Crippen LogP contribution is -2.36. The molecule has 2 aromatic heterocycles. The molecular weight excluding hydrogens is 312 g/mol. The number of nitrogens with one attached hydrogen (secondary N) is 1. The van der Waals surface area contributed by atoms with Crippen molar-refractivity contribution in [1.82, 2.24) is 20.1 Å². The van der Waals surface area contributed by atoms with Crippen LogP contribution in [0.25, 0.3) is 11.0 Å². The summed E-state index contributed by atoms with van der Waals surface area (Å²) >= 11 is 0. The maximum atomic E-state index is 12.5. The monoisotopic (exact) mass is 334 g/mol. The summed E-state index contributed by atoms with van der Waals surface area (Å²) < 4.78 is 1.87. The van der Waals surface area contributed by atoms with Crippen molar-refractivity contribution in [2.24, 2.45) is 0 Å². The third-order valence-electron chi connectivity index (χ3n) is 4.85. The van der Waals surface area contributed by atoms with Gasteiger partial charge in [-0.3, -0.25) is 4.79 Å². The molecule has 3 aromatic rings. The van der Waals surface area contributed by atoms with Crippen LogP contribution in [0.15, 0.2) is 48.8 Å². The summed E-state index contributed by atoms with van der Waals surface area (Å²) in [7, 11) is 0. The molecule has 1 aliphatic rings. The van der Waals surface area contributed by atoms with Crippen molar-refractivity contribution < 1.29 is 4.79 Å². The van der Waals surface area contributed by atoms with Crippen molar-refractivity contribution in [3.63, 3.8) is 0 Å². The van der Waals surface area contributed by atoms with Gasteiger partial charge in [0.2, 0.25) is 0 Å². The number of hydrogen-bond acceptors (Lipinski definition) is 3. The van der Waals surface area contributed by atoms with Crippen LogP contribution in [-0.4, -0.2) is 26.7 Å². The Morgan fingerprint density at radius 3 is 2.72 bits per heavy atom. The molecule has 0 spiro atoms. The van der Waals surface area contributed by atoms with Gasteiger partial charge < -0.3 is 5.32 Å². The summed E-state index contributed by atoms with van der Waals surface area (Å²) in [5.74, 6) is -0.0305. The van der Waals surface area contributed by atoms with Gasteiger partial charge in [-0.25, -0.2) is 9.67 Å². The Morgan fingerprint density at radius 1 is 1.12 bits per heavy atom. The molecule has 1 saturated carbocycles. The van der Waals surface area contributed by atoms with Gasteiger partial charge in [0, 0.05) is 17.6 Å². The summed E-state index contributed by atoms with van der Waals surface area (Å²) in [4.78, 5) is 17.0. The zero-order chi connectivity index (χ0) is 17.1. The fraction of sp³-hybridized carbons (Fsp3) is 0.350. The van der Waals surface area contributed by atoms with Gasteiger partial charge in [-0.2, -0.15) is 5.10 Å². The fourth-order valence-electron chi connectivity index (χ4n) is 3.48. The highest BCUT2D eigenvalue weighted by atomic mass is 16.1. The van der Waals surface area contributed by atoms with E-state index in [2.05, 4.69) is 27.5 Å². The van der Waals surface area contributed by atoms with Crippen LogP contribution in [-0.2, 0) is 6.54 Å². The Kier molecular flexibility index (Phi) is 4.46. The van der Waals surface area contributed by atoms with Gasteiger partial charge >= 0.3 is 0 Å². The minimum atomic E-state index is -0.0305. The van der Waals surface area contributed by atoms with Crippen molar-refractivity contribution >= 4 is 16.9 Å². The smallest absolute Gasteiger partial charge is 0.253 e. The second kappa shape index (κ2) is 7.05. The molecule has 1 aliphatic carbocycles. The Bertz CT molecular complexity index is 866. The molecule has 0 radical (unpaired) electrons. The van der Waals surface area contributed by atoms with Crippen molar-refractivity contribution in [3.8, 4) is 0 Å². The van der Waals surface area contributed by atoms with E-state index in [4.69, 9.17) is 0 Å². The van der Waals surface area contributed by atoms with E-state index in [0.717, 1.165) is 23.9 Å². The van der Waals surface area contributed by atoms with E-state index in [0.29, 0.717) is 18.2 Å². The summed E-state index contributed by atoms with van der Waals surface area (Å²) in [6.07, 6.45) is 9.28. The van der Waals surface area contributed by atoms with Crippen LogP contribution in [0.4, 0.5) is 0 Å². The van der Waals surface area contributed by atoms with Gasteiger partial charge in [0.05, 0.1) is 18.3 Å². The van der Waals surface area contributed by atoms with Gasteiger partial charge in [-0.05, 0) is 24.5 Å². The van der Waals surface area contributed by atoms with Crippen LogP contribution in [0.2, 0.25) is 0 Å². The molecule has 1 aromatic carbocycles. The average Bonchev–Trinajstić information content (AvgIpc) is 3.05. The Balaban J connectivity index is 1.52. The lowest BCUT2D eigenvalue weighted by molar-refractivity contribution is 0.0927. The number of hydrogen-bond donors (Lipinski definition) is 1. The van der Waals surface area contributed by atoms with Gasteiger partial charge in [0.1, 0.15) is 0 Å². The topological polar surface area (TPSA) is 59.8 Å². The lowest BCUT2D eigenvalue weighted by Gasteiger charge is -2.22. The standard InChI is InChI=1S/C20H22N4O/c25-20(23-18-9-5-2-6-10-18)17-11-16-13-22-24(19(16)21-12-17)14-15-7-3-1-4-8-15/h1,3-4,7-8,11-13,18H,2,5-6,9-10,14H2,(H,23,25). The van der Waals surface area contributed by atoms with Gasteiger partial charge in [0.25, 0.3) is 5.91 Å². The number of aromatic nitrogens is 3. The Labute approximate surface area is 147 Å². The molecule has 0 saturated heterocycles. The molecule has 25 heavy (non-hydrogen) atoms. The zero-order valence-corrected chi connectivity index (χ0v) is 14.2. The number of benzene rings is 1. The molecule has 1 fully saturated rings. The van der Waals surface area contributed by atoms with Crippen LogP contribution < -0.4 is 5.32 Å². The fourth-order valence-corrected chi connectivity index (χ4v) is 3.48. The normalized spacial score (nSPS) is 15.4. The van der Waals surface area contributed by atoms with Crippen molar-refractivity contribution in [2.45, 2.75) is 44.7 Å². The van der Waals surface area contributed by atoms with E-state index in [9.17, 15) is 4.79 Å².